The zero-order valence-electron chi connectivity index (χ0n) is 17.5. The van der Waals surface area contributed by atoms with Crippen LogP contribution in [0.15, 0.2) is 36.5 Å². The quantitative estimate of drug-likeness (QED) is 0.541. The van der Waals surface area contributed by atoms with Gasteiger partial charge in [0.15, 0.2) is 5.13 Å². The lowest BCUT2D eigenvalue weighted by Gasteiger charge is -2.32. The van der Waals surface area contributed by atoms with E-state index in [1.165, 1.54) is 0 Å². The van der Waals surface area contributed by atoms with Crippen LogP contribution < -0.4 is 20.7 Å². The lowest BCUT2D eigenvalue weighted by Crippen LogP contribution is -2.47. The fraction of sp³-hybridized carbons (Fsp3) is 0.364. The van der Waals surface area contributed by atoms with Crippen molar-refractivity contribution in [2.24, 2.45) is 0 Å². The average Bonchev–Trinajstić information content (AvgIpc) is 3.16. The largest absolute Gasteiger partial charge is 0.457 e. The summed E-state index contributed by atoms with van der Waals surface area (Å²) in [7, 11) is 1.56. The first-order chi connectivity index (χ1) is 15.0. The minimum Gasteiger partial charge on any atom is -0.457 e. The van der Waals surface area contributed by atoms with Crippen molar-refractivity contribution in [3.63, 3.8) is 0 Å². The fourth-order valence-electron chi connectivity index (χ4n) is 3.79. The van der Waals surface area contributed by atoms with Crippen LogP contribution in [0.3, 0.4) is 0 Å². The summed E-state index contributed by atoms with van der Waals surface area (Å²) in [6.07, 6.45) is 5.79. The zero-order chi connectivity index (χ0) is 21.8. The number of amides is 2. The van der Waals surface area contributed by atoms with E-state index in [0.717, 1.165) is 41.0 Å². The molecule has 0 saturated heterocycles. The van der Waals surface area contributed by atoms with Crippen molar-refractivity contribution in [1.29, 1.82) is 0 Å². The molecule has 2 heterocycles. The second kappa shape index (κ2) is 9.30. The molecule has 2 aromatic heterocycles. The Morgan fingerprint density at radius 3 is 2.65 bits per heavy atom. The number of thiazole rings is 1. The summed E-state index contributed by atoms with van der Waals surface area (Å²) in [6.45, 7) is 1.56. The van der Waals surface area contributed by atoms with E-state index < -0.39 is 0 Å². The number of hydrogen-bond donors (Lipinski definition) is 3. The summed E-state index contributed by atoms with van der Waals surface area (Å²) in [5.41, 5.74) is 1.18. The van der Waals surface area contributed by atoms with Crippen LogP contribution in [0.5, 0.6) is 11.5 Å². The molecule has 1 aliphatic carbocycles. The van der Waals surface area contributed by atoms with Crippen molar-refractivity contribution in [3.8, 4) is 11.5 Å². The van der Waals surface area contributed by atoms with Gasteiger partial charge >= 0.3 is 0 Å². The molecule has 9 heteroatoms. The molecule has 31 heavy (non-hydrogen) atoms. The second-order valence-corrected chi connectivity index (χ2v) is 8.58. The Morgan fingerprint density at radius 1 is 1.10 bits per heavy atom. The van der Waals surface area contributed by atoms with E-state index in [2.05, 4.69) is 20.9 Å². The molecule has 0 radical (unpaired) electrons. The van der Waals surface area contributed by atoms with E-state index in [1.54, 1.807) is 43.6 Å². The highest BCUT2D eigenvalue weighted by Crippen LogP contribution is 2.33. The predicted octanol–water partition coefficient (Wildman–Crippen LogP) is 3.70. The summed E-state index contributed by atoms with van der Waals surface area (Å²) in [4.78, 5) is 32.0. The first-order valence-corrected chi connectivity index (χ1v) is 11.1. The van der Waals surface area contributed by atoms with Crippen molar-refractivity contribution >= 4 is 38.5 Å². The molecule has 2 amide bonds. The number of nitrogens with one attached hydrogen (secondary N) is 3. The van der Waals surface area contributed by atoms with Gasteiger partial charge in [-0.15, -0.1) is 0 Å². The van der Waals surface area contributed by atoms with Gasteiger partial charge in [0.05, 0.1) is 10.2 Å². The summed E-state index contributed by atoms with van der Waals surface area (Å²) in [5, 5.41) is 9.97. The van der Waals surface area contributed by atoms with Crippen LogP contribution in [0.4, 0.5) is 5.13 Å². The highest BCUT2D eigenvalue weighted by atomic mass is 32.1. The van der Waals surface area contributed by atoms with Crippen LogP contribution >= 0.6 is 11.3 Å². The summed E-state index contributed by atoms with van der Waals surface area (Å²) < 4.78 is 6.93. The number of carbonyl (C=O) groups excluding carboxylic acids is 2. The number of hydrogen-bond acceptors (Lipinski definition) is 7. The van der Waals surface area contributed by atoms with Crippen LogP contribution in [-0.2, 0) is 4.79 Å². The van der Waals surface area contributed by atoms with Gasteiger partial charge in [-0.3, -0.25) is 14.6 Å². The van der Waals surface area contributed by atoms with E-state index in [9.17, 15) is 9.59 Å². The molecule has 8 nitrogen and oxygen atoms in total. The minimum absolute atomic E-state index is 0.000442. The number of rotatable bonds is 6. The maximum Gasteiger partial charge on any atom is 0.269 e. The first kappa shape index (κ1) is 21.0. The Labute approximate surface area is 184 Å². The van der Waals surface area contributed by atoms with Gasteiger partial charge in [0.2, 0.25) is 5.91 Å². The lowest BCUT2D eigenvalue weighted by molar-refractivity contribution is -0.119. The molecule has 1 fully saturated rings. The predicted molar refractivity (Wildman–Crippen MR) is 121 cm³/mol. The Bertz CT molecular complexity index is 1100. The molecular formula is C22H25N5O3S. The number of ether oxygens (including phenoxy) is 1. The molecule has 2 atom stereocenters. The van der Waals surface area contributed by atoms with Gasteiger partial charge in [0.1, 0.15) is 17.2 Å². The molecule has 0 spiro atoms. The van der Waals surface area contributed by atoms with E-state index in [-0.39, 0.29) is 23.9 Å². The van der Waals surface area contributed by atoms with Crippen molar-refractivity contribution in [1.82, 2.24) is 20.6 Å². The summed E-state index contributed by atoms with van der Waals surface area (Å²) in [5.74, 6) is 0.932. The third-order valence-corrected chi connectivity index (χ3v) is 6.20. The number of anilines is 1. The highest BCUT2D eigenvalue weighted by Gasteiger charge is 2.26. The van der Waals surface area contributed by atoms with E-state index in [0.29, 0.717) is 17.2 Å². The summed E-state index contributed by atoms with van der Waals surface area (Å²) in [6, 6.07) is 9.32. The first-order valence-electron chi connectivity index (χ1n) is 10.3. The van der Waals surface area contributed by atoms with Crippen LogP contribution in [-0.4, -0.2) is 40.9 Å². The highest BCUT2D eigenvalue weighted by molar-refractivity contribution is 7.22. The Kier molecular flexibility index (Phi) is 6.31. The molecular weight excluding hydrogens is 414 g/mol. The number of nitrogens with zero attached hydrogens (tertiary/aromatic N) is 2. The lowest BCUT2D eigenvalue weighted by atomic mass is 9.90. The topological polar surface area (TPSA) is 105 Å². The normalized spacial score (nSPS) is 18.4. The SMILES string of the molecule is CNC(=O)c1cc(Oc2ccc3nc(N[C@@H]4CCCC[C@H]4NC(C)=O)sc3c2)ccn1. The van der Waals surface area contributed by atoms with Gasteiger partial charge < -0.3 is 20.7 Å². The maximum atomic E-state index is 11.8. The number of aromatic nitrogens is 2. The molecule has 1 aromatic carbocycles. The van der Waals surface area contributed by atoms with Crippen molar-refractivity contribution in [3.05, 3.63) is 42.2 Å². The van der Waals surface area contributed by atoms with Crippen molar-refractivity contribution < 1.29 is 14.3 Å². The van der Waals surface area contributed by atoms with Gasteiger partial charge in [-0.25, -0.2) is 4.98 Å². The van der Waals surface area contributed by atoms with Gasteiger partial charge in [-0.05, 0) is 31.0 Å². The van der Waals surface area contributed by atoms with E-state index in [4.69, 9.17) is 9.72 Å². The molecule has 1 saturated carbocycles. The third kappa shape index (κ3) is 5.11. The zero-order valence-corrected chi connectivity index (χ0v) is 18.3. The Hall–Kier alpha value is -3.20. The van der Waals surface area contributed by atoms with Gasteiger partial charge in [0, 0.05) is 44.4 Å². The fourth-order valence-corrected chi connectivity index (χ4v) is 4.75. The van der Waals surface area contributed by atoms with Gasteiger partial charge in [-0.1, -0.05) is 24.2 Å². The second-order valence-electron chi connectivity index (χ2n) is 7.55. The van der Waals surface area contributed by atoms with Gasteiger partial charge in [-0.2, -0.15) is 0 Å². The van der Waals surface area contributed by atoms with E-state index >= 15 is 0 Å². The van der Waals surface area contributed by atoms with Gasteiger partial charge in [0.25, 0.3) is 5.91 Å². The molecule has 1 aliphatic rings. The molecule has 0 unspecified atom stereocenters. The van der Waals surface area contributed by atoms with E-state index in [1.807, 2.05) is 18.2 Å². The molecule has 3 N–H and O–H groups in total. The number of carbonyl (C=O) groups is 2. The van der Waals surface area contributed by atoms with Crippen molar-refractivity contribution in [2.45, 2.75) is 44.7 Å². The minimum atomic E-state index is -0.264. The Balaban J connectivity index is 1.49. The average molecular weight is 440 g/mol. The van der Waals surface area contributed by atoms with Crippen LogP contribution in [0.1, 0.15) is 43.1 Å². The third-order valence-electron chi connectivity index (χ3n) is 5.25. The van der Waals surface area contributed by atoms with Crippen molar-refractivity contribution in [2.75, 3.05) is 12.4 Å². The molecule has 0 bridgehead atoms. The molecule has 0 aliphatic heterocycles. The summed E-state index contributed by atoms with van der Waals surface area (Å²) >= 11 is 1.56. The molecule has 162 valence electrons. The van der Waals surface area contributed by atoms with Crippen LogP contribution in [0, 0.1) is 0 Å². The monoisotopic (exact) mass is 439 g/mol. The maximum absolute atomic E-state index is 11.8. The molecule has 3 aromatic rings. The Morgan fingerprint density at radius 2 is 1.87 bits per heavy atom. The smallest absolute Gasteiger partial charge is 0.269 e. The number of pyridine rings is 1. The van der Waals surface area contributed by atoms with Crippen LogP contribution in [0.2, 0.25) is 0 Å². The number of fused-ring (bicyclic) bond motifs is 1. The molecule has 4 rings (SSSR count). The standard InChI is InChI=1S/C22H25N5O3S/c1-13(28)25-16-5-3-4-6-17(16)26-22-27-18-8-7-14(12-20(18)31-22)30-15-9-10-24-19(11-15)21(29)23-2/h7-12,16-17H,3-6H2,1-2H3,(H,23,29)(H,25,28)(H,26,27)/t16-,17-/m1/s1. The number of benzene rings is 1. The van der Waals surface area contributed by atoms with Crippen LogP contribution in [0.25, 0.3) is 10.2 Å².